The molecule has 6 heteroatoms. The lowest BCUT2D eigenvalue weighted by atomic mass is 9.81. The maximum atomic E-state index is 11.6. The number of sulfone groups is 1. The Kier molecular flexibility index (Phi) is 5.34. The lowest BCUT2D eigenvalue weighted by Gasteiger charge is -2.43. The van der Waals surface area contributed by atoms with Crippen molar-refractivity contribution in [2.45, 2.75) is 39.2 Å². The van der Waals surface area contributed by atoms with Crippen molar-refractivity contribution in [1.29, 1.82) is 0 Å². The van der Waals surface area contributed by atoms with Crippen molar-refractivity contribution in [2.24, 2.45) is 5.41 Å². The molecular weight excluding hydrogens is 288 g/mol. The first kappa shape index (κ1) is 17.2. The second-order valence-electron chi connectivity index (χ2n) is 7.69. The fourth-order valence-electron chi connectivity index (χ4n) is 3.07. The van der Waals surface area contributed by atoms with E-state index in [9.17, 15) is 8.42 Å². The van der Waals surface area contributed by atoms with E-state index < -0.39 is 9.84 Å². The standard InChI is InChI=1S/C15H30N2O3S/c1-14(2,3)16-11-15(5-4-8-20-13-15)12-17-6-9-21(18,19)10-7-17/h16H,4-13H2,1-3H3. The third kappa shape index (κ3) is 5.51. The van der Waals surface area contributed by atoms with E-state index in [1.54, 1.807) is 0 Å². The van der Waals surface area contributed by atoms with Crippen LogP contribution in [0, 0.1) is 5.41 Å². The Morgan fingerprint density at radius 2 is 1.90 bits per heavy atom. The molecule has 5 nitrogen and oxygen atoms in total. The summed E-state index contributed by atoms with van der Waals surface area (Å²) in [4.78, 5) is 2.31. The fraction of sp³-hybridized carbons (Fsp3) is 1.00. The van der Waals surface area contributed by atoms with Gasteiger partial charge in [0.05, 0.1) is 18.1 Å². The monoisotopic (exact) mass is 318 g/mol. The van der Waals surface area contributed by atoms with Crippen LogP contribution in [0.4, 0.5) is 0 Å². The van der Waals surface area contributed by atoms with Crippen LogP contribution in [0.25, 0.3) is 0 Å². The number of hydrogen-bond donors (Lipinski definition) is 1. The number of hydrogen-bond acceptors (Lipinski definition) is 5. The van der Waals surface area contributed by atoms with Gasteiger partial charge in [-0.1, -0.05) is 0 Å². The second-order valence-corrected chi connectivity index (χ2v) is 9.99. The zero-order chi connectivity index (χ0) is 15.6. The van der Waals surface area contributed by atoms with Crippen molar-refractivity contribution in [1.82, 2.24) is 10.2 Å². The summed E-state index contributed by atoms with van der Waals surface area (Å²) >= 11 is 0. The Bertz CT molecular complexity index is 422. The van der Waals surface area contributed by atoms with Gasteiger partial charge in [-0.3, -0.25) is 0 Å². The molecule has 2 aliphatic heterocycles. The van der Waals surface area contributed by atoms with E-state index in [-0.39, 0.29) is 11.0 Å². The molecule has 124 valence electrons. The van der Waals surface area contributed by atoms with Gasteiger partial charge in [0.1, 0.15) is 0 Å². The second kappa shape index (κ2) is 6.52. The maximum absolute atomic E-state index is 11.6. The highest BCUT2D eigenvalue weighted by atomic mass is 32.2. The Balaban J connectivity index is 1.96. The van der Waals surface area contributed by atoms with Crippen molar-refractivity contribution in [3.8, 4) is 0 Å². The zero-order valence-electron chi connectivity index (χ0n) is 13.7. The van der Waals surface area contributed by atoms with E-state index in [0.717, 1.165) is 39.1 Å². The SMILES string of the molecule is CC(C)(C)NCC1(CN2CCS(=O)(=O)CC2)CCCOC1. The third-order valence-electron chi connectivity index (χ3n) is 4.39. The molecular formula is C15H30N2O3S. The van der Waals surface area contributed by atoms with Gasteiger partial charge in [-0.05, 0) is 33.6 Å². The van der Waals surface area contributed by atoms with E-state index in [1.165, 1.54) is 0 Å². The van der Waals surface area contributed by atoms with Gasteiger partial charge in [0.15, 0.2) is 9.84 Å². The smallest absolute Gasteiger partial charge is 0.152 e. The summed E-state index contributed by atoms with van der Waals surface area (Å²) in [6, 6.07) is 0. The van der Waals surface area contributed by atoms with Gasteiger partial charge in [0.2, 0.25) is 0 Å². The van der Waals surface area contributed by atoms with Crippen LogP contribution in [0.3, 0.4) is 0 Å². The van der Waals surface area contributed by atoms with E-state index in [4.69, 9.17) is 4.74 Å². The molecule has 2 rings (SSSR count). The molecule has 0 aromatic carbocycles. The quantitative estimate of drug-likeness (QED) is 0.835. The minimum atomic E-state index is -2.80. The van der Waals surface area contributed by atoms with Crippen molar-refractivity contribution < 1.29 is 13.2 Å². The highest BCUT2D eigenvalue weighted by molar-refractivity contribution is 7.91. The first-order valence-corrected chi connectivity index (χ1v) is 9.78. The Morgan fingerprint density at radius 3 is 2.43 bits per heavy atom. The van der Waals surface area contributed by atoms with Gasteiger partial charge in [0.25, 0.3) is 0 Å². The summed E-state index contributed by atoms with van der Waals surface area (Å²) < 4.78 is 28.9. The fourth-order valence-corrected chi connectivity index (χ4v) is 4.34. The molecule has 0 spiro atoms. The molecule has 0 aliphatic carbocycles. The first-order chi connectivity index (χ1) is 9.70. The van der Waals surface area contributed by atoms with Crippen LogP contribution in [-0.2, 0) is 14.6 Å². The Labute approximate surface area is 129 Å². The summed E-state index contributed by atoms with van der Waals surface area (Å²) in [7, 11) is -2.80. The molecule has 0 amide bonds. The van der Waals surface area contributed by atoms with Crippen LogP contribution in [0.15, 0.2) is 0 Å². The lowest BCUT2D eigenvalue weighted by Crippen LogP contribution is -2.54. The molecule has 2 fully saturated rings. The van der Waals surface area contributed by atoms with E-state index in [0.29, 0.717) is 24.6 Å². The molecule has 0 aromatic heterocycles. The van der Waals surface area contributed by atoms with Crippen LogP contribution >= 0.6 is 0 Å². The summed E-state index contributed by atoms with van der Waals surface area (Å²) in [5.74, 6) is 0.604. The highest BCUT2D eigenvalue weighted by Crippen LogP contribution is 2.30. The summed E-state index contributed by atoms with van der Waals surface area (Å²) in [5.41, 5.74) is 0.211. The van der Waals surface area contributed by atoms with Crippen molar-refractivity contribution in [3.05, 3.63) is 0 Å². The van der Waals surface area contributed by atoms with Crippen LogP contribution in [0.1, 0.15) is 33.6 Å². The van der Waals surface area contributed by atoms with Crippen molar-refractivity contribution in [3.63, 3.8) is 0 Å². The van der Waals surface area contributed by atoms with Gasteiger partial charge in [-0.25, -0.2) is 8.42 Å². The molecule has 1 atom stereocenters. The predicted octanol–water partition coefficient (Wildman–Crippen LogP) is 0.902. The molecule has 2 aliphatic rings. The number of ether oxygens (including phenoxy) is 1. The van der Waals surface area contributed by atoms with Crippen LogP contribution in [0.2, 0.25) is 0 Å². The molecule has 1 unspecified atom stereocenters. The molecule has 0 radical (unpaired) electrons. The van der Waals surface area contributed by atoms with Gasteiger partial charge < -0.3 is 15.0 Å². The molecule has 2 heterocycles. The van der Waals surface area contributed by atoms with Gasteiger partial charge in [0, 0.05) is 43.7 Å². The van der Waals surface area contributed by atoms with Crippen molar-refractivity contribution in [2.75, 3.05) is 50.9 Å². The number of rotatable bonds is 4. The highest BCUT2D eigenvalue weighted by Gasteiger charge is 2.37. The third-order valence-corrected chi connectivity index (χ3v) is 6.00. The number of nitrogens with zero attached hydrogens (tertiary/aromatic N) is 1. The molecule has 21 heavy (non-hydrogen) atoms. The zero-order valence-corrected chi connectivity index (χ0v) is 14.5. The Morgan fingerprint density at radius 1 is 1.24 bits per heavy atom. The van der Waals surface area contributed by atoms with Crippen LogP contribution in [-0.4, -0.2) is 69.8 Å². The lowest BCUT2D eigenvalue weighted by molar-refractivity contribution is -0.0276. The first-order valence-electron chi connectivity index (χ1n) is 7.95. The molecule has 0 saturated carbocycles. The minimum absolute atomic E-state index is 0.0929. The van der Waals surface area contributed by atoms with E-state index in [2.05, 4.69) is 31.0 Å². The molecule has 1 N–H and O–H groups in total. The largest absolute Gasteiger partial charge is 0.381 e. The summed E-state index contributed by atoms with van der Waals surface area (Å²) in [5, 5.41) is 3.61. The summed E-state index contributed by atoms with van der Waals surface area (Å²) in [6.45, 7) is 11.4. The van der Waals surface area contributed by atoms with Crippen LogP contribution < -0.4 is 5.32 Å². The van der Waals surface area contributed by atoms with Crippen molar-refractivity contribution >= 4 is 9.84 Å². The Hall–Kier alpha value is -0.170. The molecule has 0 bridgehead atoms. The average Bonchev–Trinajstić information content (AvgIpc) is 2.40. The molecule has 0 aromatic rings. The van der Waals surface area contributed by atoms with Gasteiger partial charge in [-0.2, -0.15) is 0 Å². The summed E-state index contributed by atoms with van der Waals surface area (Å²) in [6.07, 6.45) is 2.25. The number of nitrogens with one attached hydrogen (secondary N) is 1. The van der Waals surface area contributed by atoms with E-state index >= 15 is 0 Å². The van der Waals surface area contributed by atoms with Gasteiger partial charge >= 0.3 is 0 Å². The normalized spacial score (nSPS) is 31.2. The van der Waals surface area contributed by atoms with E-state index in [1.807, 2.05) is 0 Å². The van der Waals surface area contributed by atoms with Gasteiger partial charge in [-0.15, -0.1) is 0 Å². The maximum Gasteiger partial charge on any atom is 0.152 e. The predicted molar refractivity (Wildman–Crippen MR) is 85.3 cm³/mol. The molecule has 2 saturated heterocycles. The average molecular weight is 318 g/mol. The topological polar surface area (TPSA) is 58.6 Å². The minimum Gasteiger partial charge on any atom is -0.381 e. The van der Waals surface area contributed by atoms with Crippen LogP contribution in [0.5, 0.6) is 0 Å².